The van der Waals surface area contributed by atoms with E-state index in [1.54, 1.807) is 36.4 Å². The van der Waals surface area contributed by atoms with E-state index in [0.717, 1.165) is 0 Å². The highest BCUT2D eigenvalue weighted by atomic mass is 35.5. The predicted molar refractivity (Wildman–Crippen MR) is 96.8 cm³/mol. The highest BCUT2D eigenvalue weighted by Crippen LogP contribution is 2.29. The Morgan fingerprint density at radius 3 is 2.31 bits per heavy atom. The second kappa shape index (κ2) is 8.31. The average Bonchev–Trinajstić information content (AvgIpc) is 2.57. The van der Waals surface area contributed by atoms with Crippen LogP contribution in [0.25, 0.3) is 11.1 Å². The molecule has 138 valence electrons. The van der Waals surface area contributed by atoms with Crippen LogP contribution in [0.5, 0.6) is 0 Å². The van der Waals surface area contributed by atoms with Gasteiger partial charge in [0.25, 0.3) is 16.0 Å². The summed E-state index contributed by atoms with van der Waals surface area (Å²) in [6.07, 6.45) is -0.481. The normalized spacial score (nSPS) is 12.4. The fourth-order valence-corrected chi connectivity index (χ4v) is 3.16. The lowest BCUT2D eigenvalue weighted by Gasteiger charge is -2.16. The molecule has 9 heteroatoms. The van der Waals surface area contributed by atoms with E-state index in [9.17, 15) is 23.1 Å². The number of hydrogen-bond acceptors (Lipinski definition) is 4. The van der Waals surface area contributed by atoms with Crippen LogP contribution in [0.1, 0.15) is 16.8 Å². The van der Waals surface area contributed by atoms with Crippen molar-refractivity contribution in [3.63, 3.8) is 0 Å². The second-order valence-electron chi connectivity index (χ2n) is 5.47. The summed E-state index contributed by atoms with van der Waals surface area (Å²) in [5.41, 5.74) is 1.30. The Kier molecular flexibility index (Phi) is 6.36. The van der Waals surface area contributed by atoms with Gasteiger partial charge in [0.05, 0.1) is 16.3 Å². The Morgan fingerprint density at radius 2 is 1.73 bits per heavy atom. The monoisotopic (exact) mass is 397 g/mol. The summed E-state index contributed by atoms with van der Waals surface area (Å²) in [4.78, 5) is 23.9. The van der Waals surface area contributed by atoms with Crippen molar-refractivity contribution in [2.24, 2.45) is 0 Å². The quantitative estimate of drug-likeness (QED) is 0.617. The predicted octanol–water partition coefficient (Wildman–Crippen LogP) is 2.47. The molecule has 0 aromatic heterocycles. The molecular weight excluding hydrogens is 382 g/mol. The molecule has 7 nitrogen and oxygen atoms in total. The molecule has 0 unspecified atom stereocenters. The van der Waals surface area contributed by atoms with Crippen molar-refractivity contribution in [2.45, 2.75) is 12.5 Å². The zero-order valence-electron chi connectivity index (χ0n) is 13.4. The maximum Gasteiger partial charge on any atom is 0.326 e. The number of halogens is 1. The van der Waals surface area contributed by atoms with Gasteiger partial charge in [0.15, 0.2) is 0 Å². The first kappa shape index (κ1) is 19.9. The summed E-state index contributed by atoms with van der Waals surface area (Å²) in [6.45, 7) is 0. The number of benzene rings is 2. The van der Waals surface area contributed by atoms with E-state index in [1.165, 1.54) is 6.07 Å². The average molecular weight is 398 g/mol. The van der Waals surface area contributed by atoms with Gasteiger partial charge in [-0.15, -0.1) is 0 Å². The molecule has 3 N–H and O–H groups in total. The molecule has 0 saturated heterocycles. The van der Waals surface area contributed by atoms with Crippen molar-refractivity contribution in [1.82, 2.24) is 5.32 Å². The van der Waals surface area contributed by atoms with Crippen molar-refractivity contribution in [3.05, 3.63) is 59.1 Å². The molecule has 2 aromatic carbocycles. The molecule has 0 heterocycles. The number of carboxylic acid groups (broad SMARTS) is 1. The van der Waals surface area contributed by atoms with Gasteiger partial charge in [-0.3, -0.25) is 9.35 Å². The molecule has 0 spiro atoms. The van der Waals surface area contributed by atoms with Crippen LogP contribution in [-0.2, 0) is 14.9 Å². The summed E-state index contributed by atoms with van der Waals surface area (Å²) in [5, 5.41) is 11.6. The first-order chi connectivity index (χ1) is 12.2. The number of carbonyl (C=O) groups is 2. The first-order valence-electron chi connectivity index (χ1n) is 7.52. The molecule has 0 fully saturated rings. The molecular formula is C17H16ClNO6S. The first-order valence-corrected chi connectivity index (χ1v) is 9.50. The van der Waals surface area contributed by atoms with Crippen LogP contribution in [0.4, 0.5) is 0 Å². The fraction of sp³-hybridized carbons (Fsp3) is 0.176. The number of rotatable bonds is 7. The van der Waals surface area contributed by atoms with Crippen LogP contribution in [-0.4, -0.2) is 41.7 Å². The third-order valence-electron chi connectivity index (χ3n) is 3.59. The molecule has 1 atom stereocenters. The Morgan fingerprint density at radius 1 is 1.08 bits per heavy atom. The van der Waals surface area contributed by atoms with Gasteiger partial charge >= 0.3 is 5.97 Å². The highest BCUT2D eigenvalue weighted by molar-refractivity contribution is 7.85. The van der Waals surface area contributed by atoms with Crippen LogP contribution in [0.2, 0.25) is 5.02 Å². The van der Waals surface area contributed by atoms with Crippen molar-refractivity contribution in [1.29, 1.82) is 0 Å². The van der Waals surface area contributed by atoms with E-state index in [1.807, 2.05) is 6.07 Å². The number of carbonyl (C=O) groups excluding carboxylic acids is 1. The van der Waals surface area contributed by atoms with Crippen molar-refractivity contribution < 1.29 is 27.7 Å². The minimum absolute atomic E-state index is 0.0819. The van der Waals surface area contributed by atoms with E-state index >= 15 is 0 Å². The smallest absolute Gasteiger partial charge is 0.326 e. The van der Waals surface area contributed by atoms with Gasteiger partial charge in [-0.05, 0) is 23.6 Å². The largest absolute Gasteiger partial charge is 0.480 e. The maximum absolute atomic E-state index is 12.6. The van der Waals surface area contributed by atoms with Crippen molar-refractivity contribution >= 4 is 33.6 Å². The van der Waals surface area contributed by atoms with Crippen LogP contribution < -0.4 is 5.32 Å². The Labute approximate surface area is 155 Å². The molecule has 2 rings (SSSR count). The van der Waals surface area contributed by atoms with Gasteiger partial charge < -0.3 is 10.4 Å². The molecule has 0 radical (unpaired) electrons. The van der Waals surface area contributed by atoms with Crippen LogP contribution in [0.3, 0.4) is 0 Å². The summed E-state index contributed by atoms with van der Waals surface area (Å²) in [6, 6.07) is 12.3. The summed E-state index contributed by atoms with van der Waals surface area (Å²) < 4.78 is 30.5. The molecule has 0 aliphatic rings. The Hall–Kier alpha value is -2.42. The summed E-state index contributed by atoms with van der Waals surface area (Å²) >= 11 is 6.14. The van der Waals surface area contributed by atoms with Gasteiger partial charge in [0, 0.05) is 0 Å². The lowest BCUT2D eigenvalue weighted by Crippen LogP contribution is -2.42. The van der Waals surface area contributed by atoms with Gasteiger partial charge in [-0.1, -0.05) is 54.1 Å². The van der Waals surface area contributed by atoms with Gasteiger partial charge in [-0.25, -0.2) is 4.79 Å². The SMILES string of the molecule is O=C(N[C@@H](CCS(=O)(=O)O)C(=O)O)c1c(Cl)cccc1-c1ccccc1. The molecule has 2 aromatic rings. The number of carboxylic acids is 1. The number of nitrogens with one attached hydrogen (secondary N) is 1. The Bertz CT molecular complexity index is 914. The zero-order chi connectivity index (χ0) is 19.3. The minimum atomic E-state index is -4.35. The van der Waals surface area contributed by atoms with Gasteiger partial charge in [-0.2, -0.15) is 8.42 Å². The second-order valence-corrected chi connectivity index (χ2v) is 7.45. The van der Waals surface area contributed by atoms with E-state index in [-0.39, 0.29) is 10.6 Å². The molecule has 0 bridgehead atoms. The molecule has 0 aliphatic carbocycles. The lowest BCUT2D eigenvalue weighted by molar-refractivity contribution is -0.139. The lowest BCUT2D eigenvalue weighted by atomic mass is 9.99. The number of hydrogen-bond donors (Lipinski definition) is 3. The molecule has 1 amide bonds. The molecule has 0 saturated carbocycles. The van der Waals surface area contributed by atoms with Crippen LogP contribution >= 0.6 is 11.6 Å². The van der Waals surface area contributed by atoms with Gasteiger partial charge in [0.1, 0.15) is 6.04 Å². The Balaban J connectivity index is 2.32. The number of amides is 1. The highest BCUT2D eigenvalue weighted by Gasteiger charge is 2.25. The maximum atomic E-state index is 12.6. The minimum Gasteiger partial charge on any atom is -0.480 e. The van der Waals surface area contributed by atoms with E-state index in [2.05, 4.69) is 5.32 Å². The van der Waals surface area contributed by atoms with Crippen LogP contribution in [0.15, 0.2) is 48.5 Å². The van der Waals surface area contributed by atoms with Crippen molar-refractivity contribution in [3.8, 4) is 11.1 Å². The van der Waals surface area contributed by atoms with E-state index in [4.69, 9.17) is 16.2 Å². The van der Waals surface area contributed by atoms with E-state index in [0.29, 0.717) is 11.1 Å². The number of aliphatic carboxylic acids is 1. The third-order valence-corrected chi connectivity index (χ3v) is 4.66. The standard InChI is InChI=1S/C17H16ClNO6S/c18-13-8-4-7-12(11-5-2-1-3-6-11)15(13)16(20)19-14(17(21)22)9-10-26(23,24)25/h1-8,14H,9-10H2,(H,19,20)(H,21,22)(H,23,24,25)/t14-/m0/s1. The molecule has 0 aliphatic heterocycles. The summed E-state index contributed by atoms with van der Waals surface area (Å²) in [5.74, 6) is -2.97. The zero-order valence-corrected chi connectivity index (χ0v) is 15.0. The van der Waals surface area contributed by atoms with Gasteiger partial charge in [0.2, 0.25) is 0 Å². The third kappa shape index (κ3) is 5.29. The van der Waals surface area contributed by atoms with Crippen molar-refractivity contribution in [2.75, 3.05) is 5.75 Å². The summed E-state index contributed by atoms with van der Waals surface area (Å²) in [7, 11) is -4.35. The van der Waals surface area contributed by atoms with Crippen LogP contribution in [0, 0.1) is 0 Å². The molecule has 26 heavy (non-hydrogen) atoms. The van der Waals surface area contributed by atoms with E-state index < -0.39 is 40.2 Å². The topological polar surface area (TPSA) is 121 Å². The fourth-order valence-electron chi connectivity index (χ4n) is 2.37.